The van der Waals surface area contributed by atoms with Crippen LogP contribution in [0, 0.1) is 11.6 Å². The molecule has 1 atom stereocenters. The van der Waals surface area contributed by atoms with Crippen molar-refractivity contribution in [3.8, 4) is 22.6 Å². The molecule has 1 N–H and O–H groups in total. The second-order valence-corrected chi connectivity index (χ2v) is 4.70. The van der Waals surface area contributed by atoms with E-state index in [0.717, 1.165) is 18.2 Å². The second kappa shape index (κ2) is 4.92. The number of nitrogens with one attached hydrogen (secondary N) is 1. The third-order valence-electron chi connectivity index (χ3n) is 2.93. The van der Waals surface area contributed by atoms with Crippen LogP contribution in [0.3, 0.4) is 0 Å². The van der Waals surface area contributed by atoms with E-state index in [0.29, 0.717) is 22.1 Å². The van der Waals surface area contributed by atoms with Crippen molar-refractivity contribution >= 4 is 11.6 Å². The molecule has 1 aliphatic rings. The summed E-state index contributed by atoms with van der Waals surface area (Å²) < 4.78 is 38.2. The van der Waals surface area contributed by atoms with Crippen molar-refractivity contribution in [1.29, 1.82) is 0 Å². The Morgan fingerprint density at radius 3 is 2.65 bits per heavy atom. The summed E-state index contributed by atoms with van der Waals surface area (Å²) in [6, 6.07) is 6.28. The van der Waals surface area contributed by atoms with E-state index >= 15 is 0 Å². The first kappa shape index (κ1) is 13.1. The highest BCUT2D eigenvalue weighted by atomic mass is 35.5. The second-order valence-electron chi connectivity index (χ2n) is 4.26. The zero-order valence-corrected chi connectivity index (χ0v) is 11.2. The third kappa shape index (κ3) is 2.19. The van der Waals surface area contributed by atoms with E-state index in [1.165, 1.54) is 6.07 Å². The van der Waals surface area contributed by atoms with Crippen LogP contribution >= 0.6 is 11.6 Å². The van der Waals surface area contributed by atoms with E-state index in [1.54, 1.807) is 13.1 Å². The summed E-state index contributed by atoms with van der Waals surface area (Å²) in [5.41, 5.74) is 0.423. The number of hydrogen-bond donors (Lipinski definition) is 1. The maximum absolute atomic E-state index is 13.9. The molecule has 6 heteroatoms. The Hall–Kier alpha value is -1.85. The summed E-state index contributed by atoms with van der Waals surface area (Å²) in [5, 5.41) is 3.13. The number of ether oxygens (including phenoxy) is 2. The van der Waals surface area contributed by atoms with E-state index in [4.69, 9.17) is 21.1 Å². The largest absolute Gasteiger partial charge is 0.438 e. The van der Waals surface area contributed by atoms with Gasteiger partial charge in [0.15, 0.2) is 11.5 Å². The topological polar surface area (TPSA) is 30.5 Å². The van der Waals surface area contributed by atoms with Crippen molar-refractivity contribution in [3.63, 3.8) is 0 Å². The van der Waals surface area contributed by atoms with Gasteiger partial charge < -0.3 is 9.47 Å². The molecule has 0 aliphatic carbocycles. The van der Waals surface area contributed by atoms with Crippen LogP contribution in [0.1, 0.15) is 0 Å². The molecule has 1 unspecified atom stereocenters. The molecule has 2 aromatic rings. The minimum Gasteiger partial charge on any atom is -0.438 e. The van der Waals surface area contributed by atoms with Crippen LogP contribution in [0.5, 0.6) is 11.5 Å². The summed E-state index contributed by atoms with van der Waals surface area (Å²) in [4.78, 5) is 0. The highest BCUT2D eigenvalue weighted by Crippen LogP contribution is 2.45. The van der Waals surface area contributed by atoms with Crippen molar-refractivity contribution in [2.24, 2.45) is 0 Å². The van der Waals surface area contributed by atoms with Crippen LogP contribution in [0.2, 0.25) is 5.02 Å². The van der Waals surface area contributed by atoms with E-state index < -0.39 is 18.0 Å². The number of halogens is 3. The average Bonchev–Trinajstić information content (AvgIpc) is 2.83. The SMILES string of the molecule is CNC1Oc2cc(Cl)cc(-c3cc(F)ccc3F)c2O1. The predicted octanol–water partition coefficient (Wildman–Crippen LogP) is 3.56. The molecule has 3 nitrogen and oxygen atoms in total. The lowest BCUT2D eigenvalue weighted by Crippen LogP contribution is -2.32. The maximum Gasteiger partial charge on any atom is 0.302 e. The molecule has 3 rings (SSSR count). The van der Waals surface area contributed by atoms with Gasteiger partial charge >= 0.3 is 6.41 Å². The van der Waals surface area contributed by atoms with E-state index in [-0.39, 0.29) is 5.56 Å². The fraction of sp³-hybridized carbons (Fsp3) is 0.143. The molecule has 2 aromatic carbocycles. The van der Waals surface area contributed by atoms with Crippen molar-refractivity contribution in [2.75, 3.05) is 7.05 Å². The van der Waals surface area contributed by atoms with Crippen LogP contribution < -0.4 is 14.8 Å². The Bertz CT molecular complexity index is 678. The van der Waals surface area contributed by atoms with Gasteiger partial charge in [0, 0.05) is 22.2 Å². The fourth-order valence-corrected chi connectivity index (χ4v) is 2.25. The molecular weight excluding hydrogens is 288 g/mol. The smallest absolute Gasteiger partial charge is 0.302 e. The lowest BCUT2D eigenvalue weighted by Gasteiger charge is -2.09. The number of fused-ring (bicyclic) bond motifs is 1. The first-order valence-corrected chi connectivity index (χ1v) is 6.26. The van der Waals surface area contributed by atoms with Gasteiger partial charge in [0.2, 0.25) is 0 Å². The monoisotopic (exact) mass is 297 g/mol. The molecule has 0 radical (unpaired) electrons. The third-order valence-corrected chi connectivity index (χ3v) is 3.15. The molecule has 0 fully saturated rings. The van der Waals surface area contributed by atoms with Gasteiger partial charge in [0.25, 0.3) is 0 Å². The summed E-state index contributed by atoms with van der Waals surface area (Å²) in [7, 11) is 1.65. The molecule has 0 bridgehead atoms. The van der Waals surface area contributed by atoms with Crippen molar-refractivity contribution in [3.05, 3.63) is 47.0 Å². The van der Waals surface area contributed by atoms with Gasteiger partial charge in [0.1, 0.15) is 11.6 Å². The zero-order valence-electron chi connectivity index (χ0n) is 10.4. The normalized spacial score (nSPS) is 16.5. The highest BCUT2D eigenvalue weighted by Gasteiger charge is 2.28. The van der Waals surface area contributed by atoms with Gasteiger partial charge in [-0.1, -0.05) is 11.6 Å². The molecule has 104 valence electrons. The van der Waals surface area contributed by atoms with E-state index in [1.807, 2.05) is 0 Å². The maximum atomic E-state index is 13.9. The van der Waals surface area contributed by atoms with Crippen molar-refractivity contribution in [1.82, 2.24) is 5.32 Å². The predicted molar refractivity (Wildman–Crippen MR) is 70.9 cm³/mol. The fourth-order valence-electron chi connectivity index (χ4n) is 2.05. The van der Waals surface area contributed by atoms with Crippen LogP contribution in [-0.4, -0.2) is 13.5 Å². The molecule has 0 saturated carbocycles. The number of rotatable bonds is 2. The molecule has 0 amide bonds. The quantitative estimate of drug-likeness (QED) is 0.919. The summed E-state index contributed by atoms with van der Waals surface area (Å²) >= 11 is 5.99. The molecule has 20 heavy (non-hydrogen) atoms. The van der Waals surface area contributed by atoms with Gasteiger partial charge in [-0.25, -0.2) is 8.78 Å². The summed E-state index contributed by atoms with van der Waals surface area (Å²) in [6.45, 7) is 0. The van der Waals surface area contributed by atoms with Gasteiger partial charge in [-0.2, -0.15) is 0 Å². The average molecular weight is 298 g/mol. The molecular formula is C14H10ClF2NO2. The van der Waals surface area contributed by atoms with Gasteiger partial charge in [-0.3, -0.25) is 5.32 Å². The Morgan fingerprint density at radius 1 is 1.10 bits per heavy atom. The number of hydrogen-bond acceptors (Lipinski definition) is 3. The zero-order chi connectivity index (χ0) is 14.3. The Morgan fingerprint density at radius 2 is 1.90 bits per heavy atom. The highest BCUT2D eigenvalue weighted by molar-refractivity contribution is 6.31. The lowest BCUT2D eigenvalue weighted by atomic mass is 10.0. The molecule has 1 aliphatic heterocycles. The van der Waals surface area contributed by atoms with E-state index in [2.05, 4.69) is 5.32 Å². The number of benzene rings is 2. The molecule has 0 aromatic heterocycles. The van der Waals surface area contributed by atoms with Crippen LogP contribution in [-0.2, 0) is 0 Å². The molecule has 0 saturated heterocycles. The molecule has 1 heterocycles. The minimum absolute atomic E-state index is 0.0732. The van der Waals surface area contributed by atoms with Crippen molar-refractivity contribution < 1.29 is 18.3 Å². The van der Waals surface area contributed by atoms with Gasteiger partial charge in [-0.05, 0) is 31.3 Å². The van der Waals surface area contributed by atoms with Crippen molar-refractivity contribution in [2.45, 2.75) is 6.41 Å². The Balaban J connectivity index is 2.18. The van der Waals surface area contributed by atoms with Crippen LogP contribution in [0.25, 0.3) is 11.1 Å². The molecule has 0 spiro atoms. The lowest BCUT2D eigenvalue weighted by molar-refractivity contribution is 0.0257. The summed E-state index contributed by atoms with van der Waals surface area (Å²) in [5.74, 6) is -0.389. The van der Waals surface area contributed by atoms with Crippen LogP contribution in [0.15, 0.2) is 30.3 Å². The Labute approximate surface area is 119 Å². The minimum atomic E-state index is -0.682. The van der Waals surface area contributed by atoms with E-state index in [9.17, 15) is 8.78 Å². The van der Waals surface area contributed by atoms with Gasteiger partial charge in [0.05, 0.1) is 0 Å². The Kier molecular flexibility index (Phi) is 3.23. The van der Waals surface area contributed by atoms with Gasteiger partial charge in [-0.15, -0.1) is 0 Å². The first-order chi connectivity index (χ1) is 9.58. The standard InChI is InChI=1S/C14H10ClF2NO2/c1-18-14-19-12-5-7(15)4-10(13(12)20-14)9-6-8(16)2-3-11(9)17/h2-6,14,18H,1H3. The first-order valence-electron chi connectivity index (χ1n) is 5.88. The van der Waals surface area contributed by atoms with Crippen LogP contribution in [0.4, 0.5) is 8.78 Å². The summed E-state index contributed by atoms with van der Waals surface area (Å²) in [6.07, 6.45) is -0.682.